The van der Waals surface area contributed by atoms with Gasteiger partial charge in [-0.2, -0.15) is 5.48 Å². The predicted octanol–water partition coefficient (Wildman–Crippen LogP) is 2.88. The number of nitrogens with one attached hydrogen (secondary N) is 3. The third-order valence-electron chi connectivity index (χ3n) is 7.33. The van der Waals surface area contributed by atoms with E-state index >= 15 is 0 Å². The molecule has 6 atom stereocenters. The lowest BCUT2D eigenvalue weighted by atomic mass is 9.68. The van der Waals surface area contributed by atoms with E-state index < -0.39 is 0 Å². The summed E-state index contributed by atoms with van der Waals surface area (Å²) in [4.78, 5) is 17.9. The van der Waals surface area contributed by atoms with Gasteiger partial charge in [0.15, 0.2) is 0 Å². The van der Waals surface area contributed by atoms with Gasteiger partial charge in [-0.05, 0) is 57.8 Å². The zero-order valence-corrected chi connectivity index (χ0v) is 16.3. The maximum Gasteiger partial charge on any atom is 0.245 e. The van der Waals surface area contributed by atoms with Crippen LogP contribution in [0.1, 0.15) is 65.2 Å². The first-order valence-electron chi connectivity index (χ1n) is 10.8. The molecule has 4 aliphatic rings. The van der Waals surface area contributed by atoms with E-state index in [4.69, 9.17) is 4.84 Å². The SMILES string of the molecule is CC1NOC(C)C1C1CCC2NC(=O)C=C(NCC3CCCCC3)C2C1. The number of hydrogen-bond donors (Lipinski definition) is 3. The van der Waals surface area contributed by atoms with Crippen molar-refractivity contribution in [2.75, 3.05) is 6.54 Å². The van der Waals surface area contributed by atoms with Crippen molar-refractivity contribution in [1.29, 1.82) is 0 Å². The second-order valence-corrected chi connectivity index (χ2v) is 9.09. The fourth-order valence-electron chi connectivity index (χ4n) is 5.95. The van der Waals surface area contributed by atoms with E-state index in [2.05, 4.69) is 30.0 Å². The molecule has 2 aliphatic carbocycles. The van der Waals surface area contributed by atoms with E-state index in [-0.39, 0.29) is 12.0 Å². The van der Waals surface area contributed by atoms with Crippen molar-refractivity contribution in [2.24, 2.45) is 23.7 Å². The summed E-state index contributed by atoms with van der Waals surface area (Å²) in [6.45, 7) is 5.46. The molecule has 4 rings (SSSR count). The predicted molar refractivity (Wildman–Crippen MR) is 102 cm³/mol. The van der Waals surface area contributed by atoms with E-state index in [1.807, 2.05) is 6.08 Å². The summed E-state index contributed by atoms with van der Waals surface area (Å²) < 4.78 is 0. The molecular formula is C21H35N3O2. The van der Waals surface area contributed by atoms with Crippen LogP contribution in [0, 0.1) is 23.7 Å². The Hall–Kier alpha value is -1.07. The van der Waals surface area contributed by atoms with Crippen molar-refractivity contribution in [1.82, 2.24) is 16.1 Å². The highest BCUT2D eigenvalue weighted by Crippen LogP contribution is 2.42. The molecule has 0 aromatic carbocycles. The number of rotatable bonds is 4. The minimum Gasteiger partial charge on any atom is -0.388 e. The van der Waals surface area contributed by atoms with Crippen LogP contribution in [0.4, 0.5) is 0 Å². The zero-order valence-electron chi connectivity index (χ0n) is 16.3. The Kier molecular flexibility index (Phi) is 5.55. The molecular weight excluding hydrogens is 326 g/mol. The maximum absolute atomic E-state index is 12.2. The van der Waals surface area contributed by atoms with Crippen LogP contribution in [0.15, 0.2) is 11.8 Å². The summed E-state index contributed by atoms with van der Waals surface area (Å²) >= 11 is 0. The van der Waals surface area contributed by atoms with Crippen LogP contribution in [0.25, 0.3) is 0 Å². The Bertz CT molecular complexity index is 533. The molecule has 26 heavy (non-hydrogen) atoms. The Morgan fingerprint density at radius 1 is 1.15 bits per heavy atom. The number of carbonyl (C=O) groups excluding carboxylic acids is 1. The highest BCUT2D eigenvalue weighted by Gasteiger charge is 2.44. The molecule has 2 aliphatic heterocycles. The normalized spacial score (nSPS) is 41.3. The number of hydrogen-bond acceptors (Lipinski definition) is 4. The lowest BCUT2D eigenvalue weighted by Gasteiger charge is -2.43. The molecule has 0 spiro atoms. The largest absolute Gasteiger partial charge is 0.388 e. The van der Waals surface area contributed by atoms with Crippen LogP contribution in [0.2, 0.25) is 0 Å². The molecule has 1 amide bonds. The molecule has 6 unspecified atom stereocenters. The van der Waals surface area contributed by atoms with E-state index in [0.29, 0.717) is 29.8 Å². The average molecular weight is 362 g/mol. The molecule has 1 saturated heterocycles. The van der Waals surface area contributed by atoms with Crippen molar-refractivity contribution in [2.45, 2.75) is 83.4 Å². The van der Waals surface area contributed by atoms with Crippen LogP contribution < -0.4 is 16.1 Å². The van der Waals surface area contributed by atoms with Crippen LogP contribution in [-0.4, -0.2) is 30.6 Å². The summed E-state index contributed by atoms with van der Waals surface area (Å²) in [6, 6.07) is 0.714. The summed E-state index contributed by atoms with van der Waals surface area (Å²) in [5.41, 5.74) is 4.37. The van der Waals surface area contributed by atoms with Crippen molar-refractivity contribution in [3.8, 4) is 0 Å². The molecule has 2 saturated carbocycles. The van der Waals surface area contributed by atoms with Gasteiger partial charge in [-0.25, -0.2) is 0 Å². The van der Waals surface area contributed by atoms with Gasteiger partial charge in [-0.1, -0.05) is 19.3 Å². The average Bonchev–Trinajstić information content (AvgIpc) is 2.98. The van der Waals surface area contributed by atoms with Crippen molar-refractivity contribution >= 4 is 5.91 Å². The van der Waals surface area contributed by atoms with Gasteiger partial charge in [0.2, 0.25) is 5.91 Å². The molecule has 0 aromatic heterocycles. The third-order valence-corrected chi connectivity index (χ3v) is 7.33. The van der Waals surface area contributed by atoms with E-state index in [1.54, 1.807) is 0 Å². The summed E-state index contributed by atoms with van der Waals surface area (Å²) in [7, 11) is 0. The van der Waals surface area contributed by atoms with Gasteiger partial charge in [0, 0.05) is 42.2 Å². The number of hydroxylamine groups is 1. The van der Waals surface area contributed by atoms with Gasteiger partial charge in [-0.15, -0.1) is 0 Å². The third kappa shape index (κ3) is 3.79. The van der Waals surface area contributed by atoms with Crippen molar-refractivity contribution in [3.63, 3.8) is 0 Å². The lowest BCUT2D eigenvalue weighted by Crippen LogP contribution is -2.51. The first kappa shape index (κ1) is 18.3. The van der Waals surface area contributed by atoms with Crippen molar-refractivity contribution in [3.05, 3.63) is 11.8 Å². The van der Waals surface area contributed by atoms with Gasteiger partial charge in [0.1, 0.15) is 0 Å². The van der Waals surface area contributed by atoms with Crippen LogP contribution in [0.3, 0.4) is 0 Å². The van der Waals surface area contributed by atoms with Crippen LogP contribution >= 0.6 is 0 Å². The summed E-state index contributed by atoms with van der Waals surface area (Å²) in [5.74, 6) is 2.53. The maximum atomic E-state index is 12.2. The molecule has 5 nitrogen and oxygen atoms in total. The molecule has 0 radical (unpaired) electrons. The van der Waals surface area contributed by atoms with Gasteiger partial charge in [-0.3, -0.25) is 9.63 Å². The van der Waals surface area contributed by atoms with Crippen LogP contribution in [-0.2, 0) is 9.63 Å². The van der Waals surface area contributed by atoms with Gasteiger partial charge in [0.05, 0.1) is 6.10 Å². The topological polar surface area (TPSA) is 62.4 Å². The van der Waals surface area contributed by atoms with Crippen molar-refractivity contribution < 1.29 is 9.63 Å². The Morgan fingerprint density at radius 2 is 1.96 bits per heavy atom. The Morgan fingerprint density at radius 3 is 2.69 bits per heavy atom. The quantitative estimate of drug-likeness (QED) is 0.720. The molecule has 146 valence electrons. The first-order valence-corrected chi connectivity index (χ1v) is 10.8. The number of amides is 1. The molecule has 0 aromatic rings. The minimum absolute atomic E-state index is 0.0865. The smallest absolute Gasteiger partial charge is 0.245 e. The molecule has 3 fully saturated rings. The second-order valence-electron chi connectivity index (χ2n) is 9.09. The molecule has 0 bridgehead atoms. The number of fused-ring (bicyclic) bond motifs is 1. The minimum atomic E-state index is 0.0865. The van der Waals surface area contributed by atoms with Gasteiger partial charge >= 0.3 is 0 Å². The second kappa shape index (κ2) is 7.89. The lowest BCUT2D eigenvalue weighted by molar-refractivity contribution is -0.118. The first-order chi connectivity index (χ1) is 12.6. The van der Waals surface area contributed by atoms with E-state index in [9.17, 15) is 4.79 Å². The fourth-order valence-corrected chi connectivity index (χ4v) is 5.95. The standard InChI is InChI=1S/C21H35N3O2/c1-13-21(14(2)26-24-13)16-8-9-18-17(10-16)19(11-20(25)23-18)22-12-15-6-4-3-5-7-15/h11,13-18,21-22,24H,3-10,12H2,1-2H3,(H,23,25). The molecule has 2 heterocycles. The van der Waals surface area contributed by atoms with Gasteiger partial charge in [0.25, 0.3) is 0 Å². The molecule has 3 N–H and O–H groups in total. The highest BCUT2D eigenvalue weighted by molar-refractivity contribution is 5.89. The summed E-state index contributed by atoms with van der Waals surface area (Å²) in [6.07, 6.45) is 12.3. The highest BCUT2D eigenvalue weighted by atomic mass is 16.7. The Labute approximate surface area is 157 Å². The van der Waals surface area contributed by atoms with E-state index in [1.165, 1.54) is 44.2 Å². The summed E-state index contributed by atoms with van der Waals surface area (Å²) in [5, 5.41) is 6.93. The monoisotopic (exact) mass is 361 g/mol. The van der Waals surface area contributed by atoms with E-state index in [0.717, 1.165) is 25.3 Å². The Balaban J connectivity index is 1.42. The zero-order chi connectivity index (χ0) is 18.1. The fraction of sp³-hybridized carbons (Fsp3) is 0.857. The van der Waals surface area contributed by atoms with Crippen LogP contribution in [0.5, 0.6) is 0 Å². The number of carbonyl (C=O) groups is 1. The molecule has 5 heteroatoms. The van der Waals surface area contributed by atoms with Gasteiger partial charge < -0.3 is 10.6 Å².